The number of carbonyl (C=O) groups excluding carboxylic acids is 2. The molecule has 4 heterocycles. The van der Waals surface area contributed by atoms with Gasteiger partial charge in [-0.3, -0.25) is 9.59 Å². The number of fused-ring (bicyclic) bond motifs is 2. The van der Waals surface area contributed by atoms with Crippen LogP contribution in [0.25, 0.3) is 0 Å². The Bertz CT molecular complexity index is 907. The molecule has 1 aromatic rings. The molecule has 5 rings (SSSR count). The molecular formula is C27H39N3O5. The van der Waals surface area contributed by atoms with E-state index in [-0.39, 0.29) is 24.2 Å². The van der Waals surface area contributed by atoms with Gasteiger partial charge in [0.25, 0.3) is 0 Å². The number of nitrogens with zero attached hydrogens (tertiary/aromatic N) is 3. The van der Waals surface area contributed by atoms with Crippen molar-refractivity contribution in [3.8, 4) is 11.5 Å². The highest BCUT2D eigenvalue weighted by Gasteiger charge is 2.40. The first-order valence-electron chi connectivity index (χ1n) is 13.4. The van der Waals surface area contributed by atoms with Crippen molar-refractivity contribution < 1.29 is 23.8 Å². The maximum atomic E-state index is 13.8. The first kappa shape index (κ1) is 24.4. The highest BCUT2D eigenvalue weighted by molar-refractivity contribution is 6.00. The van der Waals surface area contributed by atoms with Crippen LogP contribution in [0, 0.1) is 11.8 Å². The van der Waals surface area contributed by atoms with Crippen LogP contribution in [-0.4, -0.2) is 87.3 Å². The smallest absolute Gasteiger partial charge is 0.228 e. The molecule has 3 saturated heterocycles. The van der Waals surface area contributed by atoms with Gasteiger partial charge in [0.15, 0.2) is 11.5 Å². The van der Waals surface area contributed by atoms with E-state index in [0.29, 0.717) is 56.4 Å². The average Bonchev–Trinajstić information content (AvgIpc) is 3.29. The van der Waals surface area contributed by atoms with E-state index in [9.17, 15) is 9.59 Å². The lowest BCUT2D eigenvalue weighted by Crippen LogP contribution is -2.52. The SMILES string of the molecule is COCCCN(C[C@@H]1CCCN2CCCC[C@@H]12)C(=O)[C@@H]1CC(=O)N(c2ccc3c(c2)OCCO3)C1. The van der Waals surface area contributed by atoms with E-state index >= 15 is 0 Å². The molecule has 0 saturated carbocycles. The molecule has 4 aliphatic rings. The summed E-state index contributed by atoms with van der Waals surface area (Å²) in [6.07, 6.45) is 7.29. The van der Waals surface area contributed by atoms with Gasteiger partial charge < -0.3 is 28.9 Å². The zero-order valence-corrected chi connectivity index (χ0v) is 21.0. The van der Waals surface area contributed by atoms with E-state index in [1.807, 2.05) is 23.1 Å². The maximum Gasteiger partial charge on any atom is 0.228 e. The van der Waals surface area contributed by atoms with Crippen molar-refractivity contribution in [3.05, 3.63) is 18.2 Å². The lowest BCUT2D eigenvalue weighted by Gasteiger charge is -2.46. The Morgan fingerprint density at radius 1 is 1.11 bits per heavy atom. The fourth-order valence-electron chi connectivity index (χ4n) is 6.35. The molecule has 0 aromatic heterocycles. The van der Waals surface area contributed by atoms with Gasteiger partial charge in [-0.2, -0.15) is 0 Å². The maximum absolute atomic E-state index is 13.8. The van der Waals surface area contributed by atoms with E-state index in [4.69, 9.17) is 14.2 Å². The summed E-state index contributed by atoms with van der Waals surface area (Å²) >= 11 is 0. The first-order chi connectivity index (χ1) is 17.1. The molecule has 4 aliphatic heterocycles. The van der Waals surface area contributed by atoms with Gasteiger partial charge >= 0.3 is 0 Å². The number of amides is 2. The van der Waals surface area contributed by atoms with E-state index < -0.39 is 0 Å². The number of anilines is 1. The lowest BCUT2D eigenvalue weighted by atomic mass is 9.83. The number of hydrogen-bond donors (Lipinski definition) is 0. The van der Waals surface area contributed by atoms with Crippen molar-refractivity contribution in [2.45, 2.75) is 51.0 Å². The molecule has 1 aromatic carbocycles. The second-order valence-corrected chi connectivity index (χ2v) is 10.4. The Hall–Kier alpha value is -2.32. The number of piperidine rings is 2. The molecule has 8 heteroatoms. The van der Waals surface area contributed by atoms with E-state index in [1.54, 1.807) is 12.0 Å². The summed E-state index contributed by atoms with van der Waals surface area (Å²) in [4.78, 5) is 33.2. The highest BCUT2D eigenvalue weighted by atomic mass is 16.6. The van der Waals surface area contributed by atoms with Crippen LogP contribution in [0.15, 0.2) is 18.2 Å². The Kier molecular flexibility index (Phi) is 7.78. The Morgan fingerprint density at radius 2 is 1.94 bits per heavy atom. The van der Waals surface area contributed by atoms with Crippen molar-refractivity contribution >= 4 is 17.5 Å². The molecule has 0 unspecified atom stereocenters. The molecule has 2 amide bonds. The van der Waals surface area contributed by atoms with Crippen molar-refractivity contribution in [1.82, 2.24) is 9.80 Å². The number of ether oxygens (including phenoxy) is 3. The molecule has 3 fully saturated rings. The minimum Gasteiger partial charge on any atom is -0.486 e. The number of methoxy groups -OCH3 is 1. The fraction of sp³-hybridized carbons (Fsp3) is 0.704. The number of carbonyl (C=O) groups is 2. The second-order valence-electron chi connectivity index (χ2n) is 10.4. The third kappa shape index (κ3) is 5.43. The van der Waals surface area contributed by atoms with Crippen LogP contribution in [-0.2, 0) is 14.3 Å². The topological polar surface area (TPSA) is 71.6 Å². The predicted octanol–water partition coefficient (Wildman–Crippen LogP) is 2.94. The average molecular weight is 486 g/mol. The van der Waals surface area contributed by atoms with Gasteiger partial charge in [-0.15, -0.1) is 0 Å². The standard InChI is InChI=1S/C27H39N3O5/c1-33-13-5-12-29(18-20-6-4-11-28-10-3-2-7-23(20)28)27(32)21-16-26(31)30(19-21)22-8-9-24-25(17-22)35-15-14-34-24/h8-9,17,20-21,23H,2-7,10-16,18-19H2,1H3/t20-,21+,23-/m0/s1. The quantitative estimate of drug-likeness (QED) is 0.528. The van der Waals surface area contributed by atoms with Crippen molar-refractivity contribution in [1.29, 1.82) is 0 Å². The molecule has 0 radical (unpaired) electrons. The van der Waals surface area contributed by atoms with E-state index in [1.165, 1.54) is 45.2 Å². The summed E-state index contributed by atoms with van der Waals surface area (Å²) in [5.41, 5.74) is 0.769. The van der Waals surface area contributed by atoms with Crippen molar-refractivity contribution in [2.75, 3.05) is 64.6 Å². The summed E-state index contributed by atoms with van der Waals surface area (Å²) in [5.74, 6) is 1.67. The number of hydrogen-bond acceptors (Lipinski definition) is 6. The van der Waals surface area contributed by atoms with Gasteiger partial charge in [-0.25, -0.2) is 0 Å². The van der Waals surface area contributed by atoms with Crippen LogP contribution < -0.4 is 14.4 Å². The van der Waals surface area contributed by atoms with Crippen LogP contribution >= 0.6 is 0 Å². The highest BCUT2D eigenvalue weighted by Crippen LogP contribution is 2.37. The summed E-state index contributed by atoms with van der Waals surface area (Å²) in [5, 5.41) is 0. The molecule has 35 heavy (non-hydrogen) atoms. The summed E-state index contributed by atoms with van der Waals surface area (Å²) < 4.78 is 16.6. The fourth-order valence-corrected chi connectivity index (χ4v) is 6.35. The van der Waals surface area contributed by atoms with Crippen LogP contribution in [0.4, 0.5) is 5.69 Å². The van der Waals surface area contributed by atoms with E-state index in [2.05, 4.69) is 4.90 Å². The molecule has 8 nitrogen and oxygen atoms in total. The molecule has 0 bridgehead atoms. The summed E-state index contributed by atoms with van der Waals surface area (Å²) in [6.45, 7) is 5.95. The first-order valence-corrected chi connectivity index (χ1v) is 13.4. The van der Waals surface area contributed by atoms with Crippen molar-refractivity contribution in [2.24, 2.45) is 11.8 Å². The van der Waals surface area contributed by atoms with Gasteiger partial charge in [-0.05, 0) is 63.2 Å². The zero-order valence-electron chi connectivity index (χ0n) is 21.0. The third-order valence-corrected chi connectivity index (χ3v) is 8.08. The van der Waals surface area contributed by atoms with Crippen molar-refractivity contribution in [3.63, 3.8) is 0 Å². The summed E-state index contributed by atoms with van der Waals surface area (Å²) in [7, 11) is 1.70. The third-order valence-electron chi connectivity index (χ3n) is 8.08. The molecule has 0 aliphatic carbocycles. The Labute approximate surface area is 208 Å². The lowest BCUT2D eigenvalue weighted by molar-refractivity contribution is -0.137. The molecule has 192 valence electrons. The Balaban J connectivity index is 1.27. The minimum atomic E-state index is -0.315. The zero-order chi connectivity index (χ0) is 24.2. The van der Waals surface area contributed by atoms with Crippen LogP contribution in [0.3, 0.4) is 0 Å². The minimum absolute atomic E-state index is 0.00649. The van der Waals surface area contributed by atoms with Gasteiger partial charge in [0.1, 0.15) is 13.2 Å². The van der Waals surface area contributed by atoms with Gasteiger partial charge in [0.05, 0.1) is 5.92 Å². The van der Waals surface area contributed by atoms with E-state index in [0.717, 1.165) is 18.7 Å². The summed E-state index contributed by atoms with van der Waals surface area (Å²) in [6, 6.07) is 6.18. The number of rotatable bonds is 8. The van der Waals surface area contributed by atoms with Crippen LogP contribution in [0.1, 0.15) is 44.9 Å². The Morgan fingerprint density at radius 3 is 2.80 bits per heavy atom. The molecule has 3 atom stereocenters. The van der Waals surface area contributed by atoms with Gasteiger partial charge in [0.2, 0.25) is 11.8 Å². The van der Waals surface area contributed by atoms with Crippen LogP contribution in [0.5, 0.6) is 11.5 Å². The monoisotopic (exact) mass is 485 g/mol. The number of benzene rings is 1. The predicted molar refractivity (Wildman–Crippen MR) is 133 cm³/mol. The molecular weight excluding hydrogens is 446 g/mol. The molecule has 0 spiro atoms. The molecule has 0 N–H and O–H groups in total. The second kappa shape index (κ2) is 11.2. The van der Waals surface area contributed by atoms with Gasteiger partial charge in [-0.1, -0.05) is 6.42 Å². The van der Waals surface area contributed by atoms with Gasteiger partial charge in [0, 0.05) is 57.6 Å². The van der Waals surface area contributed by atoms with Crippen LogP contribution in [0.2, 0.25) is 0 Å². The largest absolute Gasteiger partial charge is 0.486 e. The normalized spacial score (nSPS) is 26.5.